The molecule has 98 valence electrons. The third kappa shape index (κ3) is 2.64. The van der Waals surface area contributed by atoms with Crippen LogP contribution < -0.4 is 0 Å². The molecule has 0 saturated heterocycles. The monoisotopic (exact) mass is 287 g/mol. The van der Waals surface area contributed by atoms with E-state index in [-0.39, 0.29) is 5.82 Å². The van der Waals surface area contributed by atoms with Crippen molar-refractivity contribution in [1.29, 1.82) is 0 Å². The first-order chi connectivity index (χ1) is 8.29. The van der Waals surface area contributed by atoms with Crippen LogP contribution in [0, 0.1) is 5.82 Å². The molecule has 0 bridgehead atoms. The summed E-state index contributed by atoms with van der Waals surface area (Å²) in [4.78, 5) is 0. The van der Waals surface area contributed by atoms with E-state index in [2.05, 4.69) is 4.40 Å². The lowest BCUT2D eigenvalue weighted by atomic mass is 10.1. The molecule has 0 amide bonds. The Hall–Kier alpha value is -0.740. The molecule has 1 aromatic carbocycles. The fraction of sp³-hybridized carbons (Fsp3) is 0.462. The van der Waals surface area contributed by atoms with Crippen LogP contribution in [-0.4, -0.2) is 14.7 Å². The lowest BCUT2D eigenvalue weighted by Gasteiger charge is -2.14. The summed E-state index contributed by atoms with van der Waals surface area (Å²) in [6, 6.07) is 3.01. The molecule has 1 atom stereocenters. The average Bonchev–Trinajstić information content (AvgIpc) is 2.60. The molecule has 18 heavy (non-hydrogen) atoms. The third-order valence-corrected chi connectivity index (χ3v) is 4.45. The minimum Gasteiger partial charge on any atom is -0.234 e. The molecule has 0 N–H and O–H groups in total. The molecule has 0 spiro atoms. The quantitative estimate of drug-likeness (QED) is 0.775. The topological polar surface area (TPSA) is 29.4 Å². The zero-order chi connectivity index (χ0) is 13.5. The van der Waals surface area contributed by atoms with Crippen LogP contribution >= 0.6 is 11.6 Å². The molecular weight excluding hydrogens is 273 g/mol. The van der Waals surface area contributed by atoms with E-state index in [1.807, 2.05) is 20.8 Å². The van der Waals surface area contributed by atoms with Crippen molar-refractivity contribution in [2.45, 2.75) is 38.4 Å². The van der Waals surface area contributed by atoms with Gasteiger partial charge in [-0.1, -0.05) is 11.6 Å². The largest absolute Gasteiger partial charge is 0.234 e. The number of hydrogen-bond donors (Lipinski definition) is 0. The van der Waals surface area contributed by atoms with Crippen molar-refractivity contribution in [3.8, 4) is 0 Å². The van der Waals surface area contributed by atoms with E-state index >= 15 is 0 Å². The molecule has 2 rings (SSSR count). The molecule has 1 aliphatic carbocycles. The second kappa shape index (κ2) is 4.74. The Labute approximate surface area is 114 Å². The highest BCUT2D eigenvalue weighted by atomic mass is 35.5. The van der Waals surface area contributed by atoms with Crippen LogP contribution in [0.2, 0.25) is 5.02 Å². The van der Waals surface area contributed by atoms with Gasteiger partial charge in [0, 0.05) is 10.6 Å². The summed E-state index contributed by atoms with van der Waals surface area (Å²) < 4.78 is 29.5. The molecule has 0 aromatic heterocycles. The first kappa shape index (κ1) is 13.7. The Morgan fingerprint density at radius 1 is 1.33 bits per heavy atom. The predicted molar refractivity (Wildman–Crippen MR) is 74.2 cm³/mol. The van der Waals surface area contributed by atoms with Crippen molar-refractivity contribution >= 4 is 28.3 Å². The highest BCUT2D eigenvalue weighted by Crippen LogP contribution is 2.29. The molecule has 0 radical (unpaired) electrons. The molecule has 1 aliphatic rings. The van der Waals surface area contributed by atoms with E-state index in [0.717, 1.165) is 0 Å². The normalized spacial score (nSPS) is 19.1. The zero-order valence-electron chi connectivity index (χ0n) is 10.6. The zero-order valence-corrected chi connectivity index (χ0v) is 12.2. The maximum absolute atomic E-state index is 13.7. The molecule has 1 aromatic rings. The van der Waals surface area contributed by atoms with Gasteiger partial charge in [-0.2, -0.15) is 4.40 Å². The summed E-state index contributed by atoms with van der Waals surface area (Å²) in [5.74, 6) is -0.302. The molecule has 0 heterocycles. The summed E-state index contributed by atoms with van der Waals surface area (Å²) >= 11 is 5.85. The van der Waals surface area contributed by atoms with Gasteiger partial charge < -0.3 is 0 Å². The predicted octanol–water partition coefficient (Wildman–Crippen LogP) is 3.68. The maximum Gasteiger partial charge on any atom is 0.145 e. The molecule has 0 aliphatic heterocycles. The van der Waals surface area contributed by atoms with E-state index in [9.17, 15) is 8.60 Å². The smallest absolute Gasteiger partial charge is 0.145 e. The van der Waals surface area contributed by atoms with E-state index < -0.39 is 15.7 Å². The van der Waals surface area contributed by atoms with Gasteiger partial charge in [-0.15, -0.1) is 0 Å². The summed E-state index contributed by atoms with van der Waals surface area (Å²) in [5.41, 5.74) is 2.03. The Balaban J connectivity index is 2.44. The number of nitrogens with zero attached hydrogens (tertiary/aromatic N) is 1. The first-order valence-electron chi connectivity index (χ1n) is 5.77. The highest BCUT2D eigenvalue weighted by Gasteiger charge is 2.25. The van der Waals surface area contributed by atoms with Gasteiger partial charge in [0.1, 0.15) is 16.8 Å². The lowest BCUT2D eigenvalue weighted by molar-refractivity contribution is 0.613. The molecule has 1 unspecified atom stereocenters. The summed E-state index contributed by atoms with van der Waals surface area (Å²) in [5, 5.41) is 0.349. The standard InChI is InChI=1S/C13H15ClFNOS/c1-13(2,3)18(17)16-12-5-4-9-10(12)6-8(14)7-11(9)15/h6-7H,4-5H2,1-3H3. The first-order valence-corrected chi connectivity index (χ1v) is 7.25. The van der Waals surface area contributed by atoms with Crippen molar-refractivity contribution in [3.63, 3.8) is 0 Å². The molecular formula is C13H15ClFNOS. The van der Waals surface area contributed by atoms with Gasteiger partial charge in [0.2, 0.25) is 0 Å². The summed E-state index contributed by atoms with van der Waals surface area (Å²) in [6.07, 6.45) is 1.22. The minimum absolute atomic E-state index is 0.302. The van der Waals surface area contributed by atoms with Crippen LogP contribution in [-0.2, 0) is 17.4 Å². The van der Waals surface area contributed by atoms with Crippen LogP contribution in [0.1, 0.15) is 38.3 Å². The van der Waals surface area contributed by atoms with Gasteiger partial charge in [-0.25, -0.2) is 8.60 Å². The molecule has 5 heteroatoms. The Bertz CT molecular complexity index is 549. The SMILES string of the molecule is CC(C)(C)S(=O)N=C1CCc2c(F)cc(Cl)cc21. The summed E-state index contributed by atoms with van der Waals surface area (Å²) in [6.45, 7) is 5.59. The number of benzene rings is 1. The van der Waals surface area contributed by atoms with Crippen molar-refractivity contribution in [2.24, 2.45) is 4.40 Å². The van der Waals surface area contributed by atoms with Crippen LogP contribution in [0.5, 0.6) is 0 Å². The highest BCUT2D eigenvalue weighted by molar-refractivity contribution is 7.85. The van der Waals surface area contributed by atoms with Gasteiger partial charge in [0.15, 0.2) is 0 Å². The van der Waals surface area contributed by atoms with Gasteiger partial charge in [0.05, 0.1) is 10.5 Å². The fourth-order valence-electron chi connectivity index (χ4n) is 1.82. The number of fused-ring (bicyclic) bond motifs is 1. The Morgan fingerprint density at radius 3 is 2.61 bits per heavy atom. The lowest BCUT2D eigenvalue weighted by Crippen LogP contribution is -2.20. The van der Waals surface area contributed by atoms with Gasteiger partial charge in [-0.3, -0.25) is 0 Å². The van der Waals surface area contributed by atoms with E-state index in [1.165, 1.54) is 6.07 Å². The number of halogens is 2. The summed E-state index contributed by atoms with van der Waals surface area (Å²) in [7, 11) is -1.33. The van der Waals surface area contributed by atoms with Gasteiger partial charge in [0.25, 0.3) is 0 Å². The number of hydrogen-bond acceptors (Lipinski definition) is 1. The van der Waals surface area contributed by atoms with Gasteiger partial charge in [-0.05, 0) is 51.3 Å². The van der Waals surface area contributed by atoms with Crippen molar-refractivity contribution in [2.75, 3.05) is 0 Å². The van der Waals surface area contributed by atoms with Crippen LogP contribution in [0.15, 0.2) is 16.5 Å². The third-order valence-electron chi connectivity index (χ3n) is 2.80. The Kier molecular flexibility index (Phi) is 3.60. The van der Waals surface area contributed by atoms with E-state index in [1.54, 1.807) is 6.07 Å². The van der Waals surface area contributed by atoms with Crippen LogP contribution in [0.3, 0.4) is 0 Å². The van der Waals surface area contributed by atoms with Crippen molar-refractivity contribution in [3.05, 3.63) is 34.1 Å². The van der Waals surface area contributed by atoms with E-state index in [0.29, 0.717) is 34.7 Å². The molecule has 2 nitrogen and oxygen atoms in total. The van der Waals surface area contributed by atoms with Gasteiger partial charge >= 0.3 is 0 Å². The molecule has 0 fully saturated rings. The van der Waals surface area contributed by atoms with Crippen molar-refractivity contribution < 1.29 is 8.60 Å². The second-order valence-electron chi connectivity index (χ2n) is 5.31. The van der Waals surface area contributed by atoms with Crippen LogP contribution in [0.4, 0.5) is 4.39 Å². The second-order valence-corrected chi connectivity index (χ2v) is 7.66. The fourth-order valence-corrected chi connectivity index (χ4v) is 2.69. The van der Waals surface area contributed by atoms with Crippen molar-refractivity contribution in [1.82, 2.24) is 0 Å². The van der Waals surface area contributed by atoms with E-state index in [4.69, 9.17) is 11.6 Å². The Morgan fingerprint density at radius 2 is 2.00 bits per heavy atom. The number of rotatable bonds is 1. The van der Waals surface area contributed by atoms with Crippen LogP contribution in [0.25, 0.3) is 0 Å². The molecule has 0 saturated carbocycles. The minimum atomic E-state index is -1.33. The average molecular weight is 288 g/mol. The maximum atomic E-state index is 13.7.